The largest absolute Gasteiger partial charge is 0.372 e. The summed E-state index contributed by atoms with van der Waals surface area (Å²) in [6.07, 6.45) is 2.60. The van der Waals surface area contributed by atoms with Gasteiger partial charge in [0.25, 0.3) is 0 Å². The lowest BCUT2D eigenvalue weighted by Crippen LogP contribution is -2.17. The van der Waals surface area contributed by atoms with Gasteiger partial charge < -0.3 is 4.90 Å². The molecular weight excluding hydrogens is 257 g/mol. The molecule has 1 heterocycles. The normalized spacial score (nSPS) is 14.9. The second-order valence-electron chi connectivity index (χ2n) is 4.74. The molecule has 0 aromatic heterocycles. The average molecular weight is 273 g/mol. The highest BCUT2D eigenvalue weighted by Crippen LogP contribution is 2.30. The molecule has 0 bridgehead atoms. The molecule has 1 fully saturated rings. The molecule has 3 rings (SSSR count). The van der Waals surface area contributed by atoms with Crippen LogP contribution in [0.2, 0.25) is 0 Å². The van der Waals surface area contributed by atoms with Crippen molar-refractivity contribution in [2.75, 3.05) is 18.0 Å². The Bertz CT molecular complexity index is 530. The van der Waals surface area contributed by atoms with Crippen LogP contribution < -0.4 is 4.90 Å². The van der Waals surface area contributed by atoms with E-state index in [0.717, 1.165) is 4.90 Å². The van der Waals surface area contributed by atoms with Gasteiger partial charge in [-0.05, 0) is 61.4 Å². The predicted molar refractivity (Wildman–Crippen MR) is 78.4 cm³/mol. The molecule has 3 heteroatoms. The Hall–Kier alpha value is -1.48. The van der Waals surface area contributed by atoms with Gasteiger partial charge in [-0.2, -0.15) is 0 Å². The summed E-state index contributed by atoms with van der Waals surface area (Å²) in [4.78, 5) is 4.68. The molecule has 0 atom stereocenters. The number of hydrogen-bond acceptors (Lipinski definition) is 2. The van der Waals surface area contributed by atoms with Crippen molar-refractivity contribution in [3.8, 4) is 0 Å². The van der Waals surface area contributed by atoms with Gasteiger partial charge in [-0.3, -0.25) is 0 Å². The first-order valence-electron chi connectivity index (χ1n) is 6.60. The standard InChI is InChI=1S/C16H16FNS/c17-13-3-7-15(8-4-13)19-16-9-5-14(6-10-16)18-11-1-2-12-18/h3-10H,1-2,11-12H2. The summed E-state index contributed by atoms with van der Waals surface area (Å²) in [6, 6.07) is 15.3. The maximum atomic E-state index is 12.8. The van der Waals surface area contributed by atoms with Crippen molar-refractivity contribution in [3.63, 3.8) is 0 Å². The fourth-order valence-electron chi connectivity index (χ4n) is 2.34. The van der Waals surface area contributed by atoms with E-state index in [-0.39, 0.29) is 5.82 Å². The molecule has 0 saturated carbocycles. The number of nitrogens with zero attached hydrogens (tertiary/aromatic N) is 1. The molecule has 0 aliphatic carbocycles. The molecule has 0 N–H and O–H groups in total. The number of benzene rings is 2. The Kier molecular flexibility index (Phi) is 3.74. The maximum absolute atomic E-state index is 12.8. The quantitative estimate of drug-likeness (QED) is 0.805. The minimum atomic E-state index is -0.186. The van der Waals surface area contributed by atoms with E-state index in [4.69, 9.17) is 0 Å². The van der Waals surface area contributed by atoms with Crippen LogP contribution in [0, 0.1) is 5.82 Å². The van der Waals surface area contributed by atoms with E-state index in [9.17, 15) is 4.39 Å². The summed E-state index contributed by atoms with van der Waals surface area (Å²) >= 11 is 1.66. The van der Waals surface area contributed by atoms with Gasteiger partial charge in [0.05, 0.1) is 0 Å². The monoisotopic (exact) mass is 273 g/mol. The summed E-state index contributed by atoms with van der Waals surface area (Å²) in [5.41, 5.74) is 1.31. The first-order chi connectivity index (χ1) is 9.31. The van der Waals surface area contributed by atoms with Gasteiger partial charge in [0, 0.05) is 28.6 Å². The van der Waals surface area contributed by atoms with Gasteiger partial charge in [-0.1, -0.05) is 11.8 Å². The van der Waals surface area contributed by atoms with Crippen molar-refractivity contribution in [1.82, 2.24) is 0 Å². The Balaban J connectivity index is 1.70. The van der Waals surface area contributed by atoms with Gasteiger partial charge in [0.2, 0.25) is 0 Å². The van der Waals surface area contributed by atoms with E-state index in [1.165, 1.54) is 48.6 Å². The molecule has 1 saturated heterocycles. The fourth-order valence-corrected chi connectivity index (χ4v) is 3.16. The first-order valence-corrected chi connectivity index (χ1v) is 7.41. The molecule has 19 heavy (non-hydrogen) atoms. The maximum Gasteiger partial charge on any atom is 0.123 e. The number of rotatable bonds is 3. The Morgan fingerprint density at radius 3 is 1.89 bits per heavy atom. The van der Waals surface area contributed by atoms with Crippen molar-refractivity contribution in [2.45, 2.75) is 22.6 Å². The molecule has 2 aromatic carbocycles. The SMILES string of the molecule is Fc1ccc(Sc2ccc(N3CCCC3)cc2)cc1. The van der Waals surface area contributed by atoms with E-state index < -0.39 is 0 Å². The van der Waals surface area contributed by atoms with E-state index in [2.05, 4.69) is 29.2 Å². The van der Waals surface area contributed by atoms with Gasteiger partial charge in [-0.15, -0.1) is 0 Å². The Morgan fingerprint density at radius 2 is 1.32 bits per heavy atom. The molecule has 1 aliphatic rings. The van der Waals surface area contributed by atoms with E-state index in [1.54, 1.807) is 11.8 Å². The minimum Gasteiger partial charge on any atom is -0.372 e. The van der Waals surface area contributed by atoms with Gasteiger partial charge >= 0.3 is 0 Å². The summed E-state index contributed by atoms with van der Waals surface area (Å²) in [6.45, 7) is 2.34. The van der Waals surface area contributed by atoms with Crippen molar-refractivity contribution in [2.24, 2.45) is 0 Å². The minimum absolute atomic E-state index is 0.186. The van der Waals surface area contributed by atoms with Crippen molar-refractivity contribution in [3.05, 3.63) is 54.3 Å². The van der Waals surface area contributed by atoms with Crippen LogP contribution in [0.1, 0.15) is 12.8 Å². The van der Waals surface area contributed by atoms with Crippen molar-refractivity contribution >= 4 is 17.4 Å². The fraction of sp³-hybridized carbons (Fsp3) is 0.250. The lowest BCUT2D eigenvalue weighted by molar-refractivity contribution is 0.626. The number of hydrogen-bond donors (Lipinski definition) is 0. The molecular formula is C16H16FNS. The lowest BCUT2D eigenvalue weighted by Gasteiger charge is -2.17. The number of halogens is 1. The zero-order valence-electron chi connectivity index (χ0n) is 10.7. The Morgan fingerprint density at radius 1 is 0.789 bits per heavy atom. The molecule has 0 spiro atoms. The molecule has 0 amide bonds. The van der Waals surface area contributed by atoms with Crippen molar-refractivity contribution < 1.29 is 4.39 Å². The van der Waals surface area contributed by atoms with E-state index in [1.807, 2.05) is 12.1 Å². The van der Waals surface area contributed by atoms with Crippen molar-refractivity contribution in [1.29, 1.82) is 0 Å². The summed E-state index contributed by atoms with van der Waals surface area (Å²) in [5.74, 6) is -0.186. The van der Waals surface area contributed by atoms with Crippen LogP contribution in [0.25, 0.3) is 0 Å². The molecule has 1 nitrogen and oxygen atoms in total. The van der Waals surface area contributed by atoms with E-state index in [0.29, 0.717) is 0 Å². The zero-order valence-corrected chi connectivity index (χ0v) is 11.5. The first kappa shape index (κ1) is 12.5. The van der Waals surface area contributed by atoms with Crippen LogP contribution in [0.3, 0.4) is 0 Å². The average Bonchev–Trinajstić information content (AvgIpc) is 2.96. The third-order valence-corrected chi connectivity index (χ3v) is 4.37. The molecule has 2 aromatic rings. The van der Waals surface area contributed by atoms with Gasteiger partial charge in [0.15, 0.2) is 0 Å². The van der Waals surface area contributed by atoms with Crippen LogP contribution in [0.15, 0.2) is 58.3 Å². The molecule has 0 unspecified atom stereocenters. The second kappa shape index (κ2) is 5.66. The van der Waals surface area contributed by atoms with Crippen LogP contribution in [-0.4, -0.2) is 13.1 Å². The summed E-state index contributed by atoms with van der Waals surface area (Å²) < 4.78 is 12.8. The molecule has 98 valence electrons. The smallest absolute Gasteiger partial charge is 0.123 e. The summed E-state index contributed by atoms with van der Waals surface area (Å²) in [7, 11) is 0. The predicted octanol–water partition coefficient (Wildman–Crippen LogP) is 4.58. The lowest BCUT2D eigenvalue weighted by atomic mass is 10.3. The topological polar surface area (TPSA) is 3.24 Å². The zero-order chi connectivity index (χ0) is 13.1. The van der Waals surface area contributed by atoms with Crippen LogP contribution in [0.4, 0.5) is 10.1 Å². The van der Waals surface area contributed by atoms with Crippen LogP contribution in [-0.2, 0) is 0 Å². The third kappa shape index (κ3) is 3.10. The third-order valence-electron chi connectivity index (χ3n) is 3.36. The summed E-state index contributed by atoms with van der Waals surface area (Å²) in [5, 5.41) is 0. The van der Waals surface area contributed by atoms with Gasteiger partial charge in [-0.25, -0.2) is 4.39 Å². The second-order valence-corrected chi connectivity index (χ2v) is 5.89. The highest BCUT2D eigenvalue weighted by atomic mass is 32.2. The van der Waals surface area contributed by atoms with Crippen LogP contribution >= 0.6 is 11.8 Å². The van der Waals surface area contributed by atoms with Crippen LogP contribution in [0.5, 0.6) is 0 Å². The van der Waals surface area contributed by atoms with E-state index >= 15 is 0 Å². The number of anilines is 1. The van der Waals surface area contributed by atoms with Gasteiger partial charge in [0.1, 0.15) is 5.82 Å². The molecule has 1 aliphatic heterocycles. The molecule has 0 radical (unpaired) electrons. The highest BCUT2D eigenvalue weighted by molar-refractivity contribution is 7.99. The highest BCUT2D eigenvalue weighted by Gasteiger charge is 2.11. The Labute approximate surface area is 117 Å².